The van der Waals surface area contributed by atoms with Crippen molar-refractivity contribution in [3.63, 3.8) is 0 Å². The van der Waals surface area contributed by atoms with Crippen LogP contribution < -0.4 is 5.32 Å². The molecule has 0 radical (unpaired) electrons. The van der Waals surface area contributed by atoms with E-state index in [0.29, 0.717) is 6.54 Å². The van der Waals surface area contributed by atoms with Crippen molar-refractivity contribution >= 4 is 5.91 Å². The lowest BCUT2D eigenvalue weighted by Crippen LogP contribution is -2.45. The second-order valence-corrected chi connectivity index (χ2v) is 5.19. The molecule has 0 aliphatic carbocycles. The molecule has 3 nitrogen and oxygen atoms in total. The van der Waals surface area contributed by atoms with E-state index in [4.69, 9.17) is 0 Å². The Hall–Kier alpha value is -1.35. The molecule has 3 heteroatoms. The highest BCUT2D eigenvalue weighted by Crippen LogP contribution is 2.13. The maximum Gasteiger partial charge on any atom is 0.239 e. The number of hydrogen-bond donors (Lipinski definition) is 1. The van der Waals surface area contributed by atoms with Crippen LogP contribution in [0, 0.1) is 0 Å². The first-order chi connectivity index (χ1) is 9.31. The minimum atomic E-state index is 0.0196. The lowest BCUT2D eigenvalue weighted by molar-refractivity contribution is -0.134. The number of carbonyl (C=O) groups excluding carboxylic acids is 1. The highest BCUT2D eigenvalue weighted by atomic mass is 16.2. The number of nitrogens with zero attached hydrogens (tertiary/aromatic N) is 1. The Morgan fingerprint density at radius 2 is 2.05 bits per heavy atom. The molecular weight excluding hydrogens is 236 g/mol. The molecule has 2 rings (SSSR count). The Bertz CT molecular complexity index is 383. The van der Waals surface area contributed by atoms with E-state index in [0.717, 1.165) is 25.9 Å². The first-order valence-electron chi connectivity index (χ1n) is 7.37. The molecule has 1 fully saturated rings. The normalized spacial score (nSPS) is 19.7. The summed E-state index contributed by atoms with van der Waals surface area (Å²) in [6.07, 6.45) is 4.56. The van der Waals surface area contributed by atoms with Crippen LogP contribution in [-0.2, 0) is 11.3 Å². The molecule has 1 aromatic carbocycles. The lowest BCUT2D eigenvalue weighted by atomic mass is 10.1. The molecule has 1 saturated heterocycles. The average Bonchev–Trinajstić information content (AvgIpc) is 2.74. The van der Waals surface area contributed by atoms with Gasteiger partial charge in [-0.25, -0.2) is 0 Å². The van der Waals surface area contributed by atoms with Gasteiger partial charge in [0.05, 0.1) is 6.04 Å². The van der Waals surface area contributed by atoms with Crippen molar-refractivity contribution in [3.8, 4) is 0 Å². The third-order valence-corrected chi connectivity index (χ3v) is 3.77. The van der Waals surface area contributed by atoms with Crippen LogP contribution >= 0.6 is 0 Å². The summed E-state index contributed by atoms with van der Waals surface area (Å²) in [7, 11) is 0. The summed E-state index contributed by atoms with van der Waals surface area (Å²) in [5.41, 5.74) is 1.20. The van der Waals surface area contributed by atoms with Gasteiger partial charge in [-0.2, -0.15) is 0 Å². The first-order valence-corrected chi connectivity index (χ1v) is 7.37. The van der Waals surface area contributed by atoms with Gasteiger partial charge in [0.25, 0.3) is 0 Å². The quantitative estimate of drug-likeness (QED) is 0.902. The van der Waals surface area contributed by atoms with E-state index in [1.165, 1.54) is 18.4 Å². The van der Waals surface area contributed by atoms with E-state index in [-0.39, 0.29) is 11.9 Å². The largest absolute Gasteiger partial charge is 0.337 e. The molecular formula is C16H24N2O. The van der Waals surface area contributed by atoms with Crippen LogP contribution in [0.4, 0.5) is 0 Å². The maximum atomic E-state index is 12.5. The van der Waals surface area contributed by atoms with Gasteiger partial charge in [-0.1, -0.05) is 43.2 Å². The molecule has 1 aliphatic heterocycles. The SMILES string of the molecule is CCN(Cc1ccccc1)C(=O)C1CCCCCN1. The van der Waals surface area contributed by atoms with Gasteiger partial charge in [-0.3, -0.25) is 4.79 Å². The van der Waals surface area contributed by atoms with Crippen molar-refractivity contribution in [2.75, 3.05) is 13.1 Å². The van der Waals surface area contributed by atoms with Crippen molar-refractivity contribution < 1.29 is 4.79 Å². The van der Waals surface area contributed by atoms with Crippen molar-refractivity contribution in [3.05, 3.63) is 35.9 Å². The zero-order valence-corrected chi connectivity index (χ0v) is 11.8. The van der Waals surface area contributed by atoms with Crippen LogP contribution in [0.3, 0.4) is 0 Å². The number of carbonyl (C=O) groups is 1. The second kappa shape index (κ2) is 7.29. The summed E-state index contributed by atoms with van der Waals surface area (Å²) in [6, 6.07) is 10.2. The minimum absolute atomic E-state index is 0.0196. The Morgan fingerprint density at radius 3 is 2.79 bits per heavy atom. The minimum Gasteiger partial charge on any atom is -0.337 e. The molecule has 19 heavy (non-hydrogen) atoms. The fraction of sp³-hybridized carbons (Fsp3) is 0.562. The van der Waals surface area contributed by atoms with Crippen LogP contribution in [0.15, 0.2) is 30.3 Å². The molecule has 0 spiro atoms. The molecule has 104 valence electrons. The lowest BCUT2D eigenvalue weighted by Gasteiger charge is -2.26. The van der Waals surface area contributed by atoms with E-state index >= 15 is 0 Å². The summed E-state index contributed by atoms with van der Waals surface area (Å²) in [5, 5.41) is 3.39. The molecule has 0 saturated carbocycles. The molecule has 1 aromatic rings. The van der Waals surface area contributed by atoms with Crippen molar-refractivity contribution in [2.45, 2.75) is 45.2 Å². The van der Waals surface area contributed by atoms with Gasteiger partial charge in [-0.05, 0) is 31.9 Å². The monoisotopic (exact) mass is 260 g/mol. The van der Waals surface area contributed by atoms with Gasteiger partial charge in [0.1, 0.15) is 0 Å². The van der Waals surface area contributed by atoms with E-state index in [2.05, 4.69) is 24.4 Å². The van der Waals surface area contributed by atoms with Crippen LogP contribution in [0.1, 0.15) is 38.2 Å². The Balaban J connectivity index is 1.98. The predicted octanol–water partition coefficient (Wildman–Crippen LogP) is 2.57. The smallest absolute Gasteiger partial charge is 0.239 e. The highest BCUT2D eigenvalue weighted by Gasteiger charge is 2.23. The van der Waals surface area contributed by atoms with Gasteiger partial charge in [0, 0.05) is 13.1 Å². The molecule has 1 unspecified atom stereocenters. The number of nitrogens with one attached hydrogen (secondary N) is 1. The van der Waals surface area contributed by atoms with Gasteiger partial charge in [-0.15, -0.1) is 0 Å². The predicted molar refractivity (Wildman–Crippen MR) is 77.8 cm³/mol. The van der Waals surface area contributed by atoms with E-state index in [9.17, 15) is 4.79 Å². The third-order valence-electron chi connectivity index (χ3n) is 3.77. The number of benzene rings is 1. The van der Waals surface area contributed by atoms with Gasteiger partial charge < -0.3 is 10.2 Å². The second-order valence-electron chi connectivity index (χ2n) is 5.19. The first kappa shape index (κ1) is 14.1. The molecule has 1 N–H and O–H groups in total. The standard InChI is InChI=1S/C16H24N2O/c1-2-18(13-14-9-5-3-6-10-14)16(19)15-11-7-4-8-12-17-15/h3,5-6,9-10,15,17H,2,4,7-8,11-13H2,1H3. The number of likely N-dealkylation sites (N-methyl/N-ethyl adjacent to an activating group) is 1. The molecule has 1 aliphatic rings. The van der Waals surface area contributed by atoms with E-state index < -0.39 is 0 Å². The summed E-state index contributed by atoms with van der Waals surface area (Å²) < 4.78 is 0. The molecule has 1 atom stereocenters. The molecule has 0 aromatic heterocycles. The van der Waals surface area contributed by atoms with Crippen molar-refractivity contribution in [1.29, 1.82) is 0 Å². The van der Waals surface area contributed by atoms with Gasteiger partial charge in [0.2, 0.25) is 5.91 Å². The van der Waals surface area contributed by atoms with E-state index in [1.54, 1.807) is 0 Å². The van der Waals surface area contributed by atoms with Crippen molar-refractivity contribution in [2.24, 2.45) is 0 Å². The number of amides is 1. The third kappa shape index (κ3) is 4.06. The average molecular weight is 260 g/mol. The highest BCUT2D eigenvalue weighted by molar-refractivity contribution is 5.81. The topological polar surface area (TPSA) is 32.3 Å². The zero-order chi connectivity index (χ0) is 13.5. The van der Waals surface area contributed by atoms with Crippen LogP contribution in [0.2, 0.25) is 0 Å². The number of rotatable bonds is 4. The maximum absolute atomic E-state index is 12.5. The molecule has 1 heterocycles. The Labute approximate surface area is 116 Å². The Morgan fingerprint density at radius 1 is 1.26 bits per heavy atom. The van der Waals surface area contributed by atoms with E-state index in [1.807, 2.05) is 23.1 Å². The summed E-state index contributed by atoms with van der Waals surface area (Å²) in [6.45, 7) is 4.51. The van der Waals surface area contributed by atoms with Crippen LogP contribution in [-0.4, -0.2) is 29.9 Å². The molecule has 0 bridgehead atoms. The van der Waals surface area contributed by atoms with Crippen LogP contribution in [0.25, 0.3) is 0 Å². The van der Waals surface area contributed by atoms with Crippen LogP contribution in [0.5, 0.6) is 0 Å². The number of hydrogen-bond acceptors (Lipinski definition) is 2. The Kier molecular flexibility index (Phi) is 5.40. The summed E-state index contributed by atoms with van der Waals surface area (Å²) in [4.78, 5) is 14.5. The fourth-order valence-electron chi connectivity index (χ4n) is 2.61. The molecule has 1 amide bonds. The summed E-state index contributed by atoms with van der Waals surface area (Å²) in [5.74, 6) is 0.258. The summed E-state index contributed by atoms with van der Waals surface area (Å²) >= 11 is 0. The fourth-order valence-corrected chi connectivity index (χ4v) is 2.61. The van der Waals surface area contributed by atoms with Gasteiger partial charge in [0.15, 0.2) is 0 Å². The van der Waals surface area contributed by atoms with Crippen molar-refractivity contribution in [1.82, 2.24) is 10.2 Å². The zero-order valence-electron chi connectivity index (χ0n) is 11.8. The van der Waals surface area contributed by atoms with Gasteiger partial charge >= 0.3 is 0 Å².